The summed E-state index contributed by atoms with van der Waals surface area (Å²) in [5, 5.41) is 13.4. The van der Waals surface area contributed by atoms with Crippen LogP contribution >= 0.6 is 11.6 Å². The number of carboxylic acid groups (broad SMARTS) is 1. The van der Waals surface area contributed by atoms with Gasteiger partial charge in [-0.05, 0) is 19.1 Å². The molecule has 0 atom stereocenters. The summed E-state index contributed by atoms with van der Waals surface area (Å²) in [5.41, 5.74) is 0.644. The zero-order chi connectivity index (χ0) is 11.7. The fourth-order valence-electron chi connectivity index (χ4n) is 1.23. The number of carbonyl (C=O) groups is 1. The number of rotatable bonds is 2. The second kappa shape index (κ2) is 3.94. The Morgan fingerprint density at radius 1 is 1.50 bits per heavy atom. The summed E-state index contributed by atoms with van der Waals surface area (Å²) in [6, 6.07) is 4.69. The van der Waals surface area contributed by atoms with Gasteiger partial charge in [0.25, 0.3) is 0 Å². The molecule has 2 rings (SSSR count). The van der Waals surface area contributed by atoms with Gasteiger partial charge < -0.3 is 5.11 Å². The lowest BCUT2D eigenvalue weighted by atomic mass is 10.3. The van der Waals surface area contributed by atoms with Crippen LogP contribution in [-0.2, 0) is 0 Å². The van der Waals surface area contributed by atoms with Crippen molar-refractivity contribution in [2.24, 2.45) is 0 Å². The van der Waals surface area contributed by atoms with Crippen LogP contribution in [0.5, 0.6) is 0 Å². The molecule has 2 aromatic rings. The van der Waals surface area contributed by atoms with E-state index in [-0.39, 0.29) is 5.69 Å². The maximum Gasteiger partial charge on any atom is 0.354 e. The molecule has 0 aromatic carbocycles. The fraction of sp³-hybridized carbons (Fsp3) is 0.100. The molecule has 0 radical (unpaired) electrons. The predicted molar refractivity (Wildman–Crippen MR) is 58.1 cm³/mol. The van der Waals surface area contributed by atoms with E-state index in [4.69, 9.17) is 16.7 Å². The SMILES string of the molecule is Cc1nn(-c2cccc(C(=O)O)n2)cc1Cl. The van der Waals surface area contributed by atoms with Crippen LogP contribution in [0.25, 0.3) is 5.82 Å². The minimum Gasteiger partial charge on any atom is -0.477 e. The molecule has 0 saturated heterocycles. The lowest BCUT2D eigenvalue weighted by Crippen LogP contribution is -2.05. The number of pyridine rings is 1. The quantitative estimate of drug-likeness (QED) is 0.867. The van der Waals surface area contributed by atoms with Crippen LogP contribution in [0.4, 0.5) is 0 Å². The standard InChI is InChI=1S/C10H8ClN3O2/c1-6-7(11)5-14(13-6)9-4-2-3-8(12-9)10(15)16/h2-5H,1H3,(H,15,16). The summed E-state index contributed by atoms with van der Waals surface area (Å²) in [7, 11) is 0. The van der Waals surface area contributed by atoms with Crippen molar-refractivity contribution in [2.75, 3.05) is 0 Å². The summed E-state index contributed by atoms with van der Waals surface area (Å²) in [6.07, 6.45) is 1.59. The van der Waals surface area contributed by atoms with Crippen molar-refractivity contribution in [1.82, 2.24) is 14.8 Å². The molecule has 0 amide bonds. The minimum absolute atomic E-state index is 0.0261. The Bertz CT molecular complexity index is 531. The number of halogens is 1. The van der Waals surface area contributed by atoms with Gasteiger partial charge in [-0.3, -0.25) is 0 Å². The highest BCUT2D eigenvalue weighted by atomic mass is 35.5. The Hall–Kier alpha value is -1.88. The molecule has 0 fully saturated rings. The lowest BCUT2D eigenvalue weighted by Gasteiger charge is -2.00. The number of hydrogen-bond donors (Lipinski definition) is 1. The topological polar surface area (TPSA) is 68.0 Å². The van der Waals surface area contributed by atoms with Crippen LogP contribution in [0.1, 0.15) is 16.2 Å². The van der Waals surface area contributed by atoms with Crippen molar-refractivity contribution in [2.45, 2.75) is 6.92 Å². The molecule has 16 heavy (non-hydrogen) atoms. The Labute approximate surface area is 96.3 Å². The highest BCUT2D eigenvalue weighted by molar-refractivity contribution is 6.31. The second-order valence-electron chi connectivity index (χ2n) is 3.19. The molecule has 0 saturated carbocycles. The second-order valence-corrected chi connectivity index (χ2v) is 3.60. The van der Waals surface area contributed by atoms with E-state index in [0.29, 0.717) is 16.5 Å². The van der Waals surface area contributed by atoms with Gasteiger partial charge in [-0.25, -0.2) is 14.5 Å². The van der Waals surface area contributed by atoms with Gasteiger partial charge in [0.15, 0.2) is 11.5 Å². The first-order valence-corrected chi connectivity index (χ1v) is 4.88. The molecular formula is C10H8ClN3O2. The van der Waals surface area contributed by atoms with E-state index in [1.807, 2.05) is 0 Å². The molecule has 0 aliphatic heterocycles. The first-order valence-electron chi connectivity index (χ1n) is 4.50. The van der Waals surface area contributed by atoms with Gasteiger partial charge in [0.1, 0.15) is 0 Å². The van der Waals surface area contributed by atoms with Crippen LogP contribution in [-0.4, -0.2) is 25.8 Å². The van der Waals surface area contributed by atoms with Crippen LogP contribution in [0.3, 0.4) is 0 Å². The van der Waals surface area contributed by atoms with E-state index < -0.39 is 5.97 Å². The van der Waals surface area contributed by atoms with E-state index in [9.17, 15) is 4.79 Å². The molecule has 6 heteroatoms. The first kappa shape index (κ1) is 10.6. The molecule has 1 N–H and O–H groups in total. The number of nitrogens with zero attached hydrogens (tertiary/aromatic N) is 3. The van der Waals surface area contributed by atoms with E-state index in [1.54, 1.807) is 25.3 Å². The molecular weight excluding hydrogens is 230 g/mol. The normalized spacial score (nSPS) is 10.4. The van der Waals surface area contributed by atoms with Crippen molar-refractivity contribution in [3.05, 3.63) is 40.8 Å². The third kappa shape index (κ3) is 1.90. The molecule has 0 spiro atoms. The summed E-state index contributed by atoms with van der Waals surface area (Å²) in [6.45, 7) is 1.76. The molecule has 0 unspecified atom stereocenters. The van der Waals surface area contributed by atoms with Gasteiger partial charge in [0.05, 0.1) is 16.9 Å². The Morgan fingerprint density at radius 2 is 2.25 bits per heavy atom. The van der Waals surface area contributed by atoms with Crippen molar-refractivity contribution in [3.63, 3.8) is 0 Å². The zero-order valence-corrected chi connectivity index (χ0v) is 9.14. The van der Waals surface area contributed by atoms with Crippen molar-refractivity contribution in [3.8, 4) is 5.82 Å². The van der Waals surface area contributed by atoms with E-state index >= 15 is 0 Å². The molecule has 82 valence electrons. The number of aromatic nitrogens is 3. The number of carboxylic acids is 1. The summed E-state index contributed by atoms with van der Waals surface area (Å²) in [5.74, 6) is -0.647. The first-order chi connectivity index (χ1) is 7.58. The van der Waals surface area contributed by atoms with E-state index in [1.165, 1.54) is 10.7 Å². The van der Waals surface area contributed by atoms with E-state index in [2.05, 4.69) is 10.1 Å². The zero-order valence-electron chi connectivity index (χ0n) is 8.38. The Balaban J connectivity index is 2.48. The van der Waals surface area contributed by atoms with Gasteiger partial charge in [-0.2, -0.15) is 5.10 Å². The van der Waals surface area contributed by atoms with Crippen LogP contribution in [0.15, 0.2) is 24.4 Å². The molecule has 0 aliphatic rings. The fourth-order valence-corrected chi connectivity index (χ4v) is 1.36. The van der Waals surface area contributed by atoms with E-state index in [0.717, 1.165) is 0 Å². The summed E-state index contributed by atoms with van der Waals surface area (Å²) in [4.78, 5) is 14.7. The van der Waals surface area contributed by atoms with Crippen molar-refractivity contribution < 1.29 is 9.90 Å². The molecule has 0 aliphatic carbocycles. The van der Waals surface area contributed by atoms with Crippen LogP contribution in [0, 0.1) is 6.92 Å². The van der Waals surface area contributed by atoms with Gasteiger partial charge in [-0.1, -0.05) is 17.7 Å². The van der Waals surface area contributed by atoms with Crippen LogP contribution in [0.2, 0.25) is 5.02 Å². The number of hydrogen-bond acceptors (Lipinski definition) is 3. The molecule has 2 heterocycles. The maximum absolute atomic E-state index is 10.7. The monoisotopic (exact) mass is 237 g/mol. The third-order valence-electron chi connectivity index (χ3n) is 2.03. The van der Waals surface area contributed by atoms with Crippen molar-refractivity contribution >= 4 is 17.6 Å². The van der Waals surface area contributed by atoms with Gasteiger partial charge in [-0.15, -0.1) is 0 Å². The van der Waals surface area contributed by atoms with Crippen molar-refractivity contribution in [1.29, 1.82) is 0 Å². The third-order valence-corrected chi connectivity index (χ3v) is 2.40. The average molecular weight is 238 g/mol. The predicted octanol–water partition coefficient (Wildman–Crippen LogP) is 1.93. The largest absolute Gasteiger partial charge is 0.477 e. The minimum atomic E-state index is -1.07. The Kier molecular flexibility index (Phi) is 2.62. The summed E-state index contributed by atoms with van der Waals surface area (Å²) >= 11 is 5.85. The van der Waals surface area contributed by atoms with Gasteiger partial charge in [0.2, 0.25) is 0 Å². The molecule has 2 aromatic heterocycles. The maximum atomic E-state index is 10.7. The lowest BCUT2D eigenvalue weighted by molar-refractivity contribution is 0.0690. The van der Waals surface area contributed by atoms with Crippen LogP contribution < -0.4 is 0 Å². The summed E-state index contributed by atoms with van der Waals surface area (Å²) < 4.78 is 1.45. The van der Waals surface area contributed by atoms with Gasteiger partial charge in [0, 0.05) is 0 Å². The smallest absolute Gasteiger partial charge is 0.354 e. The number of aromatic carboxylic acids is 1. The average Bonchev–Trinajstić information content (AvgIpc) is 2.59. The van der Waals surface area contributed by atoms with Gasteiger partial charge >= 0.3 is 5.97 Å². The molecule has 5 nitrogen and oxygen atoms in total. The highest BCUT2D eigenvalue weighted by Gasteiger charge is 2.08. The highest BCUT2D eigenvalue weighted by Crippen LogP contribution is 2.15. The Morgan fingerprint density at radius 3 is 2.81 bits per heavy atom. The molecule has 0 bridgehead atoms. The number of aryl methyl sites for hydroxylation is 1.